The average molecular weight is 288 g/mol. The molecule has 1 aromatic carbocycles. The Morgan fingerprint density at radius 3 is 2.62 bits per heavy atom. The fourth-order valence-electron chi connectivity index (χ4n) is 2.74. The molecule has 2 aliphatic rings. The van der Waals surface area contributed by atoms with Gasteiger partial charge in [0.25, 0.3) is 0 Å². The predicted octanol–water partition coefficient (Wildman–Crippen LogP) is 0.221. The number of carbonyl (C=O) groups excluding carboxylic acids is 1. The van der Waals surface area contributed by atoms with Crippen molar-refractivity contribution in [2.45, 2.75) is 12.7 Å². The van der Waals surface area contributed by atoms with Gasteiger partial charge in [0.1, 0.15) is 6.17 Å². The van der Waals surface area contributed by atoms with Gasteiger partial charge in [-0.05, 0) is 17.7 Å². The number of morpholine rings is 1. The second kappa shape index (κ2) is 6.34. The molecule has 1 unspecified atom stereocenters. The highest BCUT2D eigenvalue weighted by molar-refractivity contribution is 6.34. The van der Waals surface area contributed by atoms with Crippen LogP contribution in [-0.2, 0) is 16.1 Å². The number of amidine groups is 1. The number of hydrogen-bond acceptors (Lipinski definition) is 6. The lowest BCUT2D eigenvalue weighted by Gasteiger charge is -2.30. The molecule has 0 saturated carbocycles. The van der Waals surface area contributed by atoms with E-state index in [1.54, 1.807) is 0 Å². The number of carbonyl (C=O) groups is 1. The fourth-order valence-corrected chi connectivity index (χ4v) is 2.74. The SMILES string of the molecule is NCc1ccc(N2CC(N3CCOCC3)N=C2C=O)cc1. The van der Waals surface area contributed by atoms with Crippen molar-refractivity contribution < 1.29 is 9.53 Å². The first kappa shape index (κ1) is 14.2. The van der Waals surface area contributed by atoms with Gasteiger partial charge in [0.15, 0.2) is 12.1 Å². The smallest absolute Gasteiger partial charge is 0.185 e. The first-order chi connectivity index (χ1) is 10.3. The van der Waals surface area contributed by atoms with Crippen LogP contribution in [0.15, 0.2) is 29.3 Å². The van der Waals surface area contributed by atoms with Crippen LogP contribution in [0.1, 0.15) is 5.56 Å². The summed E-state index contributed by atoms with van der Waals surface area (Å²) in [5.74, 6) is 0.493. The third-order valence-corrected chi connectivity index (χ3v) is 3.96. The van der Waals surface area contributed by atoms with Gasteiger partial charge in [-0.25, -0.2) is 4.99 Å². The van der Waals surface area contributed by atoms with E-state index in [2.05, 4.69) is 9.89 Å². The topological polar surface area (TPSA) is 71.2 Å². The molecule has 1 atom stereocenters. The standard InChI is InChI=1S/C15H20N4O2/c16-9-12-1-3-13(4-2-12)19-10-14(17-15(19)11-20)18-5-7-21-8-6-18/h1-4,11,14H,5-10,16H2. The lowest BCUT2D eigenvalue weighted by Crippen LogP contribution is -2.45. The zero-order valence-electron chi connectivity index (χ0n) is 11.9. The third kappa shape index (κ3) is 2.97. The highest BCUT2D eigenvalue weighted by Gasteiger charge is 2.30. The number of ether oxygens (including phenoxy) is 1. The Labute approximate surface area is 124 Å². The van der Waals surface area contributed by atoms with Crippen LogP contribution in [0.3, 0.4) is 0 Å². The van der Waals surface area contributed by atoms with E-state index in [-0.39, 0.29) is 6.17 Å². The first-order valence-electron chi connectivity index (χ1n) is 7.23. The van der Waals surface area contributed by atoms with E-state index in [0.717, 1.165) is 43.8 Å². The lowest BCUT2D eigenvalue weighted by atomic mass is 10.2. The molecule has 3 rings (SSSR count). The molecule has 1 aromatic rings. The van der Waals surface area contributed by atoms with Crippen molar-refractivity contribution in [3.8, 4) is 0 Å². The Morgan fingerprint density at radius 1 is 1.29 bits per heavy atom. The number of anilines is 1. The maximum Gasteiger partial charge on any atom is 0.185 e. The minimum atomic E-state index is 0.0308. The van der Waals surface area contributed by atoms with Gasteiger partial charge in [0.2, 0.25) is 0 Å². The van der Waals surface area contributed by atoms with Crippen LogP contribution in [0.25, 0.3) is 0 Å². The van der Waals surface area contributed by atoms with Gasteiger partial charge >= 0.3 is 0 Å². The predicted molar refractivity (Wildman–Crippen MR) is 81.4 cm³/mol. The molecule has 0 bridgehead atoms. The molecule has 2 N–H and O–H groups in total. The summed E-state index contributed by atoms with van der Waals surface area (Å²) in [5.41, 5.74) is 7.67. The van der Waals surface area contributed by atoms with Crippen LogP contribution >= 0.6 is 0 Å². The number of benzene rings is 1. The van der Waals surface area contributed by atoms with Crippen molar-refractivity contribution in [3.63, 3.8) is 0 Å². The van der Waals surface area contributed by atoms with Crippen LogP contribution in [0.2, 0.25) is 0 Å². The van der Waals surface area contributed by atoms with Crippen LogP contribution < -0.4 is 10.6 Å². The van der Waals surface area contributed by atoms with Crippen LogP contribution in [0.5, 0.6) is 0 Å². The average Bonchev–Trinajstić information content (AvgIpc) is 3.00. The molecule has 112 valence electrons. The molecule has 1 fully saturated rings. The van der Waals surface area contributed by atoms with Crippen molar-refractivity contribution in [1.82, 2.24) is 4.90 Å². The number of aliphatic imine (C=N–C) groups is 1. The van der Waals surface area contributed by atoms with Crippen molar-refractivity contribution in [1.29, 1.82) is 0 Å². The molecule has 1 saturated heterocycles. The normalized spacial score (nSPS) is 23.2. The van der Waals surface area contributed by atoms with E-state index >= 15 is 0 Å². The maximum absolute atomic E-state index is 11.3. The minimum absolute atomic E-state index is 0.0308. The van der Waals surface area contributed by atoms with Crippen molar-refractivity contribution in [3.05, 3.63) is 29.8 Å². The molecule has 21 heavy (non-hydrogen) atoms. The van der Waals surface area contributed by atoms with Crippen molar-refractivity contribution >= 4 is 17.8 Å². The number of nitrogens with two attached hydrogens (primary N) is 1. The summed E-state index contributed by atoms with van der Waals surface area (Å²) in [5, 5.41) is 0. The van der Waals surface area contributed by atoms with Gasteiger partial charge in [-0.2, -0.15) is 0 Å². The Hall–Kier alpha value is -1.76. The summed E-state index contributed by atoms with van der Waals surface area (Å²) in [7, 11) is 0. The molecule has 6 heteroatoms. The zero-order chi connectivity index (χ0) is 14.7. The van der Waals surface area contributed by atoms with E-state index in [0.29, 0.717) is 18.9 Å². The summed E-state index contributed by atoms with van der Waals surface area (Å²) in [6, 6.07) is 7.95. The van der Waals surface area contributed by atoms with Crippen LogP contribution in [0.4, 0.5) is 5.69 Å². The second-order valence-corrected chi connectivity index (χ2v) is 5.22. The Bertz CT molecular complexity index is 523. The molecule has 6 nitrogen and oxygen atoms in total. The number of nitrogens with zero attached hydrogens (tertiary/aromatic N) is 3. The highest BCUT2D eigenvalue weighted by atomic mass is 16.5. The monoisotopic (exact) mass is 288 g/mol. The summed E-state index contributed by atoms with van der Waals surface area (Å²) < 4.78 is 5.36. The van der Waals surface area contributed by atoms with Crippen LogP contribution in [0, 0.1) is 0 Å². The highest BCUT2D eigenvalue weighted by Crippen LogP contribution is 2.22. The summed E-state index contributed by atoms with van der Waals surface area (Å²) in [6.45, 7) is 4.41. The molecule has 0 spiro atoms. The van der Waals surface area contributed by atoms with Gasteiger partial charge in [-0.3, -0.25) is 9.69 Å². The summed E-state index contributed by atoms with van der Waals surface area (Å²) in [6.07, 6.45) is 0.861. The van der Waals surface area contributed by atoms with E-state index in [4.69, 9.17) is 10.5 Å². The molecule has 0 aliphatic carbocycles. The van der Waals surface area contributed by atoms with Crippen molar-refractivity contribution in [2.75, 3.05) is 37.7 Å². The van der Waals surface area contributed by atoms with Gasteiger partial charge < -0.3 is 15.4 Å². The Kier molecular flexibility index (Phi) is 4.28. The molecule has 2 aliphatic heterocycles. The fraction of sp³-hybridized carbons (Fsp3) is 0.467. The molecule has 2 heterocycles. The van der Waals surface area contributed by atoms with Gasteiger partial charge in [0.05, 0.1) is 19.8 Å². The second-order valence-electron chi connectivity index (χ2n) is 5.22. The molecule has 0 aromatic heterocycles. The van der Waals surface area contributed by atoms with Crippen LogP contribution in [-0.4, -0.2) is 56.0 Å². The summed E-state index contributed by atoms with van der Waals surface area (Å²) in [4.78, 5) is 20.1. The molecule has 0 amide bonds. The maximum atomic E-state index is 11.3. The van der Waals surface area contributed by atoms with E-state index in [9.17, 15) is 4.79 Å². The van der Waals surface area contributed by atoms with Gasteiger partial charge in [-0.1, -0.05) is 12.1 Å². The zero-order valence-corrected chi connectivity index (χ0v) is 11.9. The molecular formula is C15H20N4O2. The number of hydrogen-bond donors (Lipinski definition) is 1. The molecular weight excluding hydrogens is 268 g/mol. The summed E-state index contributed by atoms with van der Waals surface area (Å²) >= 11 is 0. The Morgan fingerprint density at radius 2 is 2.00 bits per heavy atom. The van der Waals surface area contributed by atoms with E-state index in [1.165, 1.54) is 0 Å². The largest absolute Gasteiger partial charge is 0.379 e. The van der Waals surface area contributed by atoms with E-state index in [1.807, 2.05) is 29.2 Å². The molecule has 0 radical (unpaired) electrons. The van der Waals surface area contributed by atoms with E-state index < -0.39 is 0 Å². The minimum Gasteiger partial charge on any atom is -0.379 e. The van der Waals surface area contributed by atoms with Gasteiger partial charge in [0, 0.05) is 25.3 Å². The third-order valence-electron chi connectivity index (χ3n) is 3.96. The van der Waals surface area contributed by atoms with Gasteiger partial charge in [-0.15, -0.1) is 0 Å². The first-order valence-corrected chi connectivity index (χ1v) is 7.23. The Balaban J connectivity index is 1.76. The number of aldehydes is 1. The quantitative estimate of drug-likeness (QED) is 0.803. The lowest BCUT2D eigenvalue weighted by molar-refractivity contribution is -0.102. The van der Waals surface area contributed by atoms with Crippen molar-refractivity contribution in [2.24, 2.45) is 10.7 Å². The number of rotatable bonds is 4.